The monoisotopic (exact) mass is 161 g/mol. The van der Waals surface area contributed by atoms with Crippen LogP contribution in [0, 0.1) is 0 Å². The Kier molecular flexibility index (Phi) is 3.39. The van der Waals surface area contributed by atoms with E-state index in [-0.39, 0.29) is 0 Å². The summed E-state index contributed by atoms with van der Waals surface area (Å²) in [5.41, 5.74) is 2.61. The highest BCUT2D eigenvalue weighted by molar-refractivity contribution is 5.35. The van der Waals surface area contributed by atoms with E-state index in [4.69, 9.17) is 0 Å². The Morgan fingerprint density at radius 2 is 2.08 bits per heavy atom. The molecule has 0 aromatic carbocycles. The summed E-state index contributed by atoms with van der Waals surface area (Å²) in [6.45, 7) is 5.13. The van der Waals surface area contributed by atoms with Gasteiger partial charge in [-0.25, -0.2) is 0 Å². The van der Waals surface area contributed by atoms with E-state index in [2.05, 4.69) is 49.5 Å². The third-order valence-corrected chi connectivity index (χ3v) is 1.72. The Morgan fingerprint density at radius 1 is 1.25 bits per heavy atom. The Hall–Kier alpha value is -1.24. The van der Waals surface area contributed by atoms with Crippen molar-refractivity contribution in [2.75, 3.05) is 6.54 Å². The highest BCUT2D eigenvalue weighted by atomic mass is 14.8. The molecule has 0 bridgehead atoms. The van der Waals surface area contributed by atoms with Crippen molar-refractivity contribution >= 4 is 0 Å². The number of allylic oxidation sites excluding steroid dienone is 6. The topological polar surface area (TPSA) is 12.0 Å². The highest BCUT2D eigenvalue weighted by Crippen LogP contribution is 2.07. The van der Waals surface area contributed by atoms with Crippen molar-refractivity contribution < 1.29 is 0 Å². The van der Waals surface area contributed by atoms with Gasteiger partial charge in [0.2, 0.25) is 0 Å². The van der Waals surface area contributed by atoms with Crippen LogP contribution < -0.4 is 5.32 Å². The van der Waals surface area contributed by atoms with Crippen molar-refractivity contribution in [2.45, 2.75) is 13.8 Å². The summed E-state index contributed by atoms with van der Waals surface area (Å²) in [4.78, 5) is 0. The Balaban J connectivity index is 2.85. The first-order valence-electron chi connectivity index (χ1n) is 4.21. The Morgan fingerprint density at radius 3 is 2.83 bits per heavy atom. The molecule has 1 heterocycles. The van der Waals surface area contributed by atoms with Crippen LogP contribution in [0.2, 0.25) is 0 Å². The molecule has 1 aliphatic heterocycles. The van der Waals surface area contributed by atoms with Crippen molar-refractivity contribution in [1.82, 2.24) is 5.32 Å². The fourth-order valence-corrected chi connectivity index (χ4v) is 0.980. The van der Waals surface area contributed by atoms with Crippen LogP contribution in [0.25, 0.3) is 0 Å². The molecular formula is C11H15N. The predicted molar refractivity (Wildman–Crippen MR) is 53.8 cm³/mol. The maximum atomic E-state index is 3.17. The van der Waals surface area contributed by atoms with Gasteiger partial charge in [0.25, 0.3) is 0 Å². The van der Waals surface area contributed by atoms with E-state index >= 15 is 0 Å². The van der Waals surface area contributed by atoms with Crippen molar-refractivity contribution in [3.63, 3.8) is 0 Å². The lowest BCUT2D eigenvalue weighted by Crippen LogP contribution is -2.02. The summed E-state index contributed by atoms with van der Waals surface area (Å²) in [5, 5.41) is 3.17. The average Bonchev–Trinajstić information content (AvgIpc) is 2.15. The molecule has 1 rings (SSSR count). The second-order valence-electron chi connectivity index (χ2n) is 2.98. The molecule has 0 atom stereocenters. The highest BCUT2D eigenvalue weighted by Gasteiger charge is 1.88. The van der Waals surface area contributed by atoms with Crippen molar-refractivity contribution in [1.29, 1.82) is 0 Å². The minimum absolute atomic E-state index is 0.900. The molecule has 0 aromatic heterocycles. The van der Waals surface area contributed by atoms with Gasteiger partial charge in [-0.2, -0.15) is 0 Å². The van der Waals surface area contributed by atoms with E-state index in [1.54, 1.807) is 0 Å². The molecule has 1 heteroatoms. The van der Waals surface area contributed by atoms with Crippen LogP contribution in [-0.2, 0) is 0 Å². The summed E-state index contributed by atoms with van der Waals surface area (Å²) in [6, 6.07) is 0. The number of hydrogen-bond acceptors (Lipinski definition) is 1. The van der Waals surface area contributed by atoms with E-state index in [0.29, 0.717) is 0 Å². The molecule has 12 heavy (non-hydrogen) atoms. The summed E-state index contributed by atoms with van der Waals surface area (Å²) in [7, 11) is 0. The van der Waals surface area contributed by atoms with Gasteiger partial charge in [-0.1, -0.05) is 29.9 Å². The van der Waals surface area contributed by atoms with Gasteiger partial charge in [-0.05, 0) is 31.7 Å². The van der Waals surface area contributed by atoms with E-state index in [1.807, 2.05) is 6.20 Å². The van der Waals surface area contributed by atoms with Gasteiger partial charge in [-0.3, -0.25) is 0 Å². The van der Waals surface area contributed by atoms with Crippen LogP contribution in [0.1, 0.15) is 13.8 Å². The Labute approximate surface area is 74.2 Å². The molecule has 0 saturated carbocycles. The third kappa shape index (κ3) is 2.79. The minimum atomic E-state index is 0.900. The van der Waals surface area contributed by atoms with E-state index in [1.165, 1.54) is 11.1 Å². The fraction of sp³-hybridized carbons (Fsp3) is 0.273. The SMILES string of the molecule is CC(C)=C1/C=C\C=C/CN/C=C\1. The van der Waals surface area contributed by atoms with Crippen molar-refractivity contribution in [3.05, 3.63) is 47.7 Å². The van der Waals surface area contributed by atoms with E-state index in [0.717, 1.165) is 6.54 Å². The van der Waals surface area contributed by atoms with Crippen LogP contribution in [-0.4, -0.2) is 6.54 Å². The number of rotatable bonds is 0. The number of nitrogens with one attached hydrogen (secondary N) is 1. The molecule has 1 nitrogen and oxygen atoms in total. The Bertz CT molecular complexity index is 250. The van der Waals surface area contributed by atoms with Gasteiger partial charge in [-0.15, -0.1) is 0 Å². The molecule has 0 unspecified atom stereocenters. The first-order valence-corrected chi connectivity index (χ1v) is 4.21. The summed E-state index contributed by atoms with van der Waals surface area (Å²) in [6.07, 6.45) is 12.4. The minimum Gasteiger partial charge on any atom is -0.387 e. The first kappa shape index (κ1) is 8.85. The standard InChI is InChI=1S/C11H15N/c1-10(2)11-6-4-3-5-8-12-9-7-11/h3-7,9,12H,8H2,1-2H3/b5-3-,6-4-,9-7-. The van der Waals surface area contributed by atoms with Crippen LogP contribution in [0.5, 0.6) is 0 Å². The maximum absolute atomic E-state index is 3.17. The number of hydrogen-bond donors (Lipinski definition) is 1. The zero-order valence-electron chi connectivity index (χ0n) is 7.67. The van der Waals surface area contributed by atoms with Crippen LogP contribution >= 0.6 is 0 Å². The van der Waals surface area contributed by atoms with Crippen LogP contribution in [0.15, 0.2) is 47.7 Å². The average molecular weight is 161 g/mol. The third-order valence-electron chi connectivity index (χ3n) is 1.72. The second kappa shape index (κ2) is 4.60. The van der Waals surface area contributed by atoms with Crippen LogP contribution in [0.4, 0.5) is 0 Å². The maximum Gasteiger partial charge on any atom is 0.0328 e. The smallest absolute Gasteiger partial charge is 0.0328 e. The molecule has 0 amide bonds. The van der Waals surface area contributed by atoms with Gasteiger partial charge in [0.05, 0.1) is 0 Å². The molecule has 0 aliphatic carbocycles. The quantitative estimate of drug-likeness (QED) is 0.575. The van der Waals surface area contributed by atoms with Gasteiger partial charge in [0.15, 0.2) is 0 Å². The van der Waals surface area contributed by atoms with Gasteiger partial charge in [0, 0.05) is 6.54 Å². The zero-order valence-corrected chi connectivity index (χ0v) is 7.67. The fourth-order valence-electron chi connectivity index (χ4n) is 0.980. The molecule has 1 aliphatic rings. The molecule has 0 radical (unpaired) electrons. The predicted octanol–water partition coefficient (Wildman–Crippen LogP) is 2.55. The second-order valence-corrected chi connectivity index (χ2v) is 2.98. The van der Waals surface area contributed by atoms with Crippen molar-refractivity contribution in [2.24, 2.45) is 0 Å². The molecule has 0 spiro atoms. The van der Waals surface area contributed by atoms with E-state index < -0.39 is 0 Å². The van der Waals surface area contributed by atoms with Gasteiger partial charge in [0.1, 0.15) is 0 Å². The lowest BCUT2D eigenvalue weighted by molar-refractivity contribution is 0.985. The largest absolute Gasteiger partial charge is 0.387 e. The van der Waals surface area contributed by atoms with E-state index in [9.17, 15) is 0 Å². The summed E-state index contributed by atoms with van der Waals surface area (Å²) >= 11 is 0. The zero-order chi connectivity index (χ0) is 8.81. The van der Waals surface area contributed by atoms with Crippen LogP contribution in [0.3, 0.4) is 0 Å². The first-order chi connectivity index (χ1) is 5.80. The summed E-state index contributed by atoms with van der Waals surface area (Å²) in [5.74, 6) is 0. The molecule has 1 N–H and O–H groups in total. The lowest BCUT2D eigenvalue weighted by Gasteiger charge is -1.96. The molecule has 64 valence electrons. The van der Waals surface area contributed by atoms with Gasteiger partial charge >= 0.3 is 0 Å². The van der Waals surface area contributed by atoms with Crippen molar-refractivity contribution in [3.8, 4) is 0 Å². The molecule has 0 aromatic rings. The normalized spacial score (nSPS) is 24.3. The lowest BCUT2D eigenvalue weighted by atomic mass is 10.1. The molecule has 0 fully saturated rings. The summed E-state index contributed by atoms with van der Waals surface area (Å²) < 4.78 is 0. The van der Waals surface area contributed by atoms with Gasteiger partial charge < -0.3 is 5.32 Å². The molecular weight excluding hydrogens is 146 g/mol. The molecule has 0 saturated heterocycles.